The zero-order valence-corrected chi connectivity index (χ0v) is 9.59. The van der Waals surface area contributed by atoms with Crippen molar-refractivity contribution >= 4 is 17.6 Å². The molecule has 1 aromatic rings. The first kappa shape index (κ1) is 13.5. The van der Waals surface area contributed by atoms with Crippen LogP contribution in [0.5, 0.6) is 0 Å². The number of rotatable bonds is 5. The van der Waals surface area contributed by atoms with Gasteiger partial charge in [0.15, 0.2) is 5.84 Å². The molecule has 0 radical (unpaired) electrons. The van der Waals surface area contributed by atoms with Gasteiger partial charge in [-0.15, -0.1) is 0 Å². The normalized spacial score (nSPS) is 11.0. The highest BCUT2D eigenvalue weighted by atomic mass is 16.4. The van der Waals surface area contributed by atoms with Crippen molar-refractivity contribution in [3.63, 3.8) is 0 Å². The van der Waals surface area contributed by atoms with Gasteiger partial charge < -0.3 is 22.0 Å². The minimum Gasteiger partial charge on any atom is -0.409 e. The first-order valence-electron chi connectivity index (χ1n) is 5.19. The van der Waals surface area contributed by atoms with Crippen LogP contribution in [0.15, 0.2) is 29.4 Å². The van der Waals surface area contributed by atoms with Gasteiger partial charge in [-0.1, -0.05) is 17.3 Å². The lowest BCUT2D eigenvalue weighted by molar-refractivity contribution is -0.117. The topological polar surface area (TPSA) is 131 Å². The van der Waals surface area contributed by atoms with Crippen LogP contribution < -0.4 is 16.8 Å². The van der Waals surface area contributed by atoms with E-state index >= 15 is 0 Å². The Hall–Kier alpha value is -2.57. The number of oxime groups is 1. The van der Waals surface area contributed by atoms with Crippen LogP contribution in [0.3, 0.4) is 0 Å². The third-order valence-electron chi connectivity index (χ3n) is 2.21. The lowest BCUT2D eigenvalue weighted by Gasteiger charge is -2.04. The fraction of sp³-hybridized carbons (Fsp3) is 0.182. The average molecular weight is 250 g/mol. The molecule has 6 N–H and O–H groups in total. The molecule has 2 amide bonds. The van der Waals surface area contributed by atoms with Gasteiger partial charge in [0.1, 0.15) is 0 Å². The van der Waals surface area contributed by atoms with Crippen molar-refractivity contribution < 1.29 is 14.8 Å². The van der Waals surface area contributed by atoms with Gasteiger partial charge >= 0.3 is 0 Å². The van der Waals surface area contributed by atoms with E-state index in [1.54, 1.807) is 12.1 Å². The summed E-state index contributed by atoms with van der Waals surface area (Å²) in [6.07, 6.45) is 0.0912. The van der Waals surface area contributed by atoms with E-state index in [9.17, 15) is 9.59 Å². The fourth-order valence-electron chi connectivity index (χ4n) is 1.25. The summed E-state index contributed by atoms with van der Waals surface area (Å²) in [5.74, 6) is -0.824. The lowest BCUT2D eigenvalue weighted by Crippen LogP contribution is -2.27. The zero-order chi connectivity index (χ0) is 13.5. The number of hydrogen-bond donors (Lipinski definition) is 4. The number of amidine groups is 1. The number of nitrogens with two attached hydrogens (primary N) is 2. The van der Waals surface area contributed by atoms with Gasteiger partial charge in [0, 0.05) is 24.1 Å². The molecule has 7 heteroatoms. The average Bonchev–Trinajstić information content (AvgIpc) is 2.37. The van der Waals surface area contributed by atoms with E-state index < -0.39 is 5.91 Å². The molecule has 96 valence electrons. The Labute approximate surface area is 103 Å². The summed E-state index contributed by atoms with van der Waals surface area (Å²) in [6.45, 7) is 0.191. The number of carbonyl (C=O) groups is 2. The zero-order valence-electron chi connectivity index (χ0n) is 9.59. The molecule has 0 aliphatic rings. The number of carbonyl (C=O) groups excluding carboxylic acids is 2. The highest BCUT2D eigenvalue weighted by Crippen LogP contribution is 2.04. The summed E-state index contributed by atoms with van der Waals surface area (Å²) in [6, 6.07) is 6.18. The molecule has 0 aliphatic carbocycles. The van der Waals surface area contributed by atoms with E-state index in [1.165, 1.54) is 12.1 Å². The summed E-state index contributed by atoms with van der Waals surface area (Å²) in [5, 5.41) is 13.9. The molecular formula is C11H14N4O3. The molecule has 0 atom stereocenters. The van der Waals surface area contributed by atoms with Crippen LogP contribution in [0, 0.1) is 0 Å². The van der Waals surface area contributed by atoms with E-state index in [0.717, 1.165) is 0 Å². The van der Waals surface area contributed by atoms with E-state index in [-0.39, 0.29) is 24.7 Å². The molecule has 0 aromatic heterocycles. The maximum atomic E-state index is 11.6. The monoisotopic (exact) mass is 250 g/mol. The van der Waals surface area contributed by atoms with Crippen molar-refractivity contribution in [1.82, 2.24) is 5.32 Å². The van der Waals surface area contributed by atoms with Crippen molar-refractivity contribution in [2.75, 3.05) is 6.54 Å². The molecule has 0 heterocycles. The SMILES string of the molecule is NC(=O)CCNC(=O)c1ccc(/C(N)=N/O)cc1. The van der Waals surface area contributed by atoms with E-state index in [0.29, 0.717) is 11.1 Å². The molecular weight excluding hydrogens is 236 g/mol. The number of amides is 2. The second-order valence-electron chi connectivity index (χ2n) is 3.53. The predicted molar refractivity (Wildman–Crippen MR) is 65.1 cm³/mol. The molecule has 0 spiro atoms. The van der Waals surface area contributed by atoms with Gasteiger partial charge in [0.2, 0.25) is 5.91 Å². The third-order valence-corrected chi connectivity index (χ3v) is 2.21. The summed E-state index contributed by atoms with van der Waals surface area (Å²) < 4.78 is 0. The van der Waals surface area contributed by atoms with Crippen LogP contribution in [0.25, 0.3) is 0 Å². The Bertz CT molecular complexity index is 468. The highest BCUT2D eigenvalue weighted by molar-refractivity contribution is 5.99. The molecule has 1 rings (SSSR count). The number of hydrogen-bond acceptors (Lipinski definition) is 4. The van der Waals surface area contributed by atoms with Crippen molar-refractivity contribution in [2.24, 2.45) is 16.6 Å². The van der Waals surface area contributed by atoms with Crippen LogP contribution in [0.2, 0.25) is 0 Å². The highest BCUT2D eigenvalue weighted by Gasteiger charge is 2.06. The molecule has 0 saturated heterocycles. The molecule has 0 bridgehead atoms. The van der Waals surface area contributed by atoms with Crippen molar-refractivity contribution in [3.8, 4) is 0 Å². The largest absolute Gasteiger partial charge is 0.409 e. The summed E-state index contributed by atoms with van der Waals surface area (Å²) in [7, 11) is 0. The lowest BCUT2D eigenvalue weighted by atomic mass is 10.1. The van der Waals surface area contributed by atoms with E-state index in [2.05, 4.69) is 10.5 Å². The van der Waals surface area contributed by atoms with E-state index in [1.807, 2.05) is 0 Å². The molecule has 0 saturated carbocycles. The number of benzene rings is 1. The molecule has 0 unspecified atom stereocenters. The second-order valence-corrected chi connectivity index (χ2v) is 3.53. The Morgan fingerprint density at radius 2 is 1.72 bits per heavy atom. The van der Waals surface area contributed by atoms with Crippen LogP contribution in [-0.2, 0) is 4.79 Å². The minimum absolute atomic E-state index is 0.0318. The van der Waals surface area contributed by atoms with Crippen molar-refractivity contribution in [2.45, 2.75) is 6.42 Å². The molecule has 1 aromatic carbocycles. The summed E-state index contributed by atoms with van der Waals surface area (Å²) in [5.41, 5.74) is 11.2. The standard InChI is InChI=1S/C11H14N4O3/c12-9(16)5-6-14-11(17)8-3-1-7(2-4-8)10(13)15-18/h1-4,18H,5-6H2,(H2,12,16)(H2,13,15)(H,14,17). The quantitative estimate of drug-likeness (QED) is 0.240. The molecule has 0 aliphatic heterocycles. The first-order valence-corrected chi connectivity index (χ1v) is 5.19. The first-order chi connectivity index (χ1) is 8.54. The predicted octanol–water partition coefficient (Wildman–Crippen LogP) is -0.614. The van der Waals surface area contributed by atoms with Crippen LogP contribution in [-0.4, -0.2) is 29.4 Å². The fourth-order valence-corrected chi connectivity index (χ4v) is 1.25. The number of primary amides is 1. The van der Waals surface area contributed by atoms with Gasteiger partial charge in [0.25, 0.3) is 5.91 Å². The van der Waals surface area contributed by atoms with Gasteiger partial charge in [0.05, 0.1) is 0 Å². The van der Waals surface area contributed by atoms with E-state index in [4.69, 9.17) is 16.7 Å². The third kappa shape index (κ3) is 3.78. The van der Waals surface area contributed by atoms with Crippen molar-refractivity contribution in [1.29, 1.82) is 0 Å². The van der Waals surface area contributed by atoms with Crippen LogP contribution in [0.1, 0.15) is 22.3 Å². The van der Waals surface area contributed by atoms with Crippen LogP contribution >= 0.6 is 0 Å². The number of nitrogens with zero attached hydrogens (tertiary/aromatic N) is 1. The van der Waals surface area contributed by atoms with Gasteiger partial charge in [-0.25, -0.2) is 0 Å². The van der Waals surface area contributed by atoms with Gasteiger partial charge in [-0.3, -0.25) is 9.59 Å². The summed E-state index contributed by atoms with van der Waals surface area (Å²) >= 11 is 0. The minimum atomic E-state index is -0.474. The Morgan fingerprint density at radius 1 is 1.17 bits per heavy atom. The van der Waals surface area contributed by atoms with Gasteiger partial charge in [-0.05, 0) is 12.1 Å². The molecule has 0 fully saturated rings. The van der Waals surface area contributed by atoms with Crippen LogP contribution in [0.4, 0.5) is 0 Å². The summed E-state index contributed by atoms with van der Waals surface area (Å²) in [4.78, 5) is 22.1. The maximum Gasteiger partial charge on any atom is 0.251 e. The van der Waals surface area contributed by atoms with Gasteiger partial charge in [-0.2, -0.15) is 0 Å². The Kier molecular flexibility index (Phi) is 4.67. The molecule has 18 heavy (non-hydrogen) atoms. The number of nitrogens with one attached hydrogen (secondary N) is 1. The smallest absolute Gasteiger partial charge is 0.251 e. The maximum absolute atomic E-state index is 11.6. The molecule has 7 nitrogen and oxygen atoms in total. The Morgan fingerprint density at radius 3 is 2.22 bits per heavy atom. The second kappa shape index (κ2) is 6.24. The Balaban J connectivity index is 2.62. The van der Waals surface area contributed by atoms with Crippen molar-refractivity contribution in [3.05, 3.63) is 35.4 Å².